The third-order valence-electron chi connectivity index (χ3n) is 4.97. The normalized spacial score (nSPS) is 10.8. The van der Waals surface area contributed by atoms with Crippen LogP contribution in [0.15, 0.2) is 64.2 Å². The minimum Gasteiger partial charge on any atom is -0.383 e. The van der Waals surface area contributed by atoms with Crippen LogP contribution in [0.25, 0.3) is 0 Å². The van der Waals surface area contributed by atoms with Crippen molar-refractivity contribution in [3.05, 3.63) is 91.6 Å². The van der Waals surface area contributed by atoms with Gasteiger partial charge >= 0.3 is 5.69 Å². The van der Waals surface area contributed by atoms with Crippen molar-refractivity contribution in [3.8, 4) is 0 Å². The second kappa shape index (κ2) is 10.1. The minimum absolute atomic E-state index is 0.00273. The smallest absolute Gasteiger partial charge is 0.330 e. The predicted octanol–water partition coefficient (Wildman–Crippen LogP) is 3.20. The number of benzene rings is 2. The van der Waals surface area contributed by atoms with Crippen LogP contribution in [0.4, 0.5) is 11.5 Å². The quantitative estimate of drug-likeness (QED) is 0.561. The van der Waals surface area contributed by atoms with Gasteiger partial charge in [-0.25, -0.2) is 4.79 Å². The monoisotopic (exact) mass is 440 g/mol. The Balaban J connectivity index is 2.00. The molecule has 0 atom stereocenters. The first-order valence-corrected chi connectivity index (χ1v) is 10.5. The van der Waals surface area contributed by atoms with Gasteiger partial charge in [-0.2, -0.15) is 0 Å². The van der Waals surface area contributed by atoms with Crippen LogP contribution in [0, 0.1) is 0 Å². The predicted molar refractivity (Wildman–Crippen MR) is 124 cm³/mol. The number of anilines is 2. The van der Waals surface area contributed by atoms with Crippen molar-refractivity contribution < 1.29 is 4.79 Å². The number of hydrogen-bond acceptors (Lipinski definition) is 4. The molecule has 3 rings (SSSR count). The largest absolute Gasteiger partial charge is 0.383 e. The van der Waals surface area contributed by atoms with Crippen LogP contribution in [-0.2, 0) is 17.8 Å². The number of H-pyrrole nitrogens is 1. The third kappa shape index (κ3) is 5.44. The van der Waals surface area contributed by atoms with Crippen molar-refractivity contribution in [3.63, 3.8) is 0 Å². The van der Waals surface area contributed by atoms with Crippen molar-refractivity contribution in [2.75, 3.05) is 17.2 Å². The molecule has 31 heavy (non-hydrogen) atoms. The topological polar surface area (TPSA) is 101 Å². The van der Waals surface area contributed by atoms with E-state index >= 15 is 0 Å². The average molecular weight is 441 g/mol. The first kappa shape index (κ1) is 22.4. The maximum atomic E-state index is 13.2. The van der Waals surface area contributed by atoms with E-state index in [4.69, 9.17) is 17.3 Å². The Bertz CT molecular complexity index is 1150. The molecule has 0 aliphatic rings. The summed E-state index contributed by atoms with van der Waals surface area (Å²) in [4.78, 5) is 42.0. The SMILES string of the molecule is CCCCN(C(=O)Cc1ccc(Cl)cc1)c1c(N)n(Cc2ccccc2)c(=O)[nH]c1=O. The molecule has 0 spiro atoms. The fourth-order valence-electron chi connectivity index (χ4n) is 3.31. The molecule has 0 fully saturated rings. The summed E-state index contributed by atoms with van der Waals surface area (Å²) >= 11 is 5.93. The number of aromatic nitrogens is 2. The Hall–Kier alpha value is -3.32. The highest BCUT2D eigenvalue weighted by atomic mass is 35.5. The van der Waals surface area contributed by atoms with Gasteiger partial charge in [-0.1, -0.05) is 67.4 Å². The zero-order valence-electron chi connectivity index (χ0n) is 17.3. The lowest BCUT2D eigenvalue weighted by Crippen LogP contribution is -2.42. The van der Waals surface area contributed by atoms with Gasteiger partial charge in [0.1, 0.15) is 5.82 Å². The number of halogens is 1. The molecule has 8 heteroatoms. The Morgan fingerprint density at radius 3 is 2.39 bits per heavy atom. The number of nitrogens with one attached hydrogen (secondary N) is 1. The van der Waals surface area contributed by atoms with Crippen molar-refractivity contribution in [2.24, 2.45) is 0 Å². The van der Waals surface area contributed by atoms with Gasteiger partial charge in [0.15, 0.2) is 5.69 Å². The molecule has 7 nitrogen and oxygen atoms in total. The van der Waals surface area contributed by atoms with Gasteiger partial charge in [0.25, 0.3) is 5.56 Å². The zero-order chi connectivity index (χ0) is 22.4. The molecule has 0 bridgehead atoms. The molecule has 162 valence electrons. The first-order chi connectivity index (χ1) is 14.9. The number of nitrogen functional groups attached to an aromatic ring is 1. The van der Waals surface area contributed by atoms with Crippen LogP contribution < -0.4 is 21.9 Å². The third-order valence-corrected chi connectivity index (χ3v) is 5.22. The zero-order valence-corrected chi connectivity index (χ0v) is 18.1. The van der Waals surface area contributed by atoms with Crippen molar-refractivity contribution >= 4 is 29.0 Å². The molecule has 0 radical (unpaired) electrons. The van der Waals surface area contributed by atoms with Crippen molar-refractivity contribution in [1.82, 2.24) is 9.55 Å². The Labute approximate surface area is 185 Å². The molecule has 2 aromatic carbocycles. The van der Waals surface area contributed by atoms with E-state index in [1.165, 1.54) is 9.47 Å². The molecular weight excluding hydrogens is 416 g/mol. The van der Waals surface area contributed by atoms with E-state index in [1.807, 2.05) is 37.3 Å². The van der Waals surface area contributed by atoms with E-state index in [2.05, 4.69) is 4.98 Å². The molecule has 3 N–H and O–H groups in total. The highest BCUT2D eigenvalue weighted by molar-refractivity contribution is 6.30. The maximum Gasteiger partial charge on any atom is 0.330 e. The lowest BCUT2D eigenvalue weighted by molar-refractivity contribution is -0.118. The number of hydrogen-bond donors (Lipinski definition) is 2. The van der Waals surface area contributed by atoms with E-state index in [1.54, 1.807) is 24.3 Å². The Morgan fingerprint density at radius 2 is 1.74 bits per heavy atom. The summed E-state index contributed by atoms with van der Waals surface area (Å²) in [5.74, 6) is -0.309. The molecule has 0 saturated heterocycles. The van der Waals surface area contributed by atoms with Crippen LogP contribution >= 0.6 is 11.6 Å². The molecular formula is C23H25ClN4O3. The summed E-state index contributed by atoms with van der Waals surface area (Å²) in [6, 6.07) is 16.2. The number of unbranched alkanes of at least 4 members (excludes halogenated alkanes) is 1. The summed E-state index contributed by atoms with van der Waals surface area (Å²) < 4.78 is 1.28. The molecule has 0 saturated carbocycles. The standard InChI is InChI=1S/C23H25ClN4O3/c1-2-3-13-27(19(29)14-16-9-11-18(24)12-10-16)20-21(25)28(23(31)26-22(20)30)15-17-7-5-4-6-8-17/h4-12H,2-3,13-15,25H2,1H3,(H,26,30,31). The molecule has 0 aliphatic carbocycles. The van der Waals surface area contributed by atoms with Gasteiger partial charge in [0.2, 0.25) is 5.91 Å². The molecule has 0 aliphatic heterocycles. The maximum absolute atomic E-state index is 13.2. The first-order valence-electron chi connectivity index (χ1n) is 10.1. The van der Waals surface area contributed by atoms with Crippen LogP contribution in [0.2, 0.25) is 5.02 Å². The van der Waals surface area contributed by atoms with Gasteiger partial charge in [0.05, 0.1) is 13.0 Å². The second-order valence-electron chi connectivity index (χ2n) is 7.27. The number of nitrogens with two attached hydrogens (primary N) is 1. The lowest BCUT2D eigenvalue weighted by Gasteiger charge is -2.24. The minimum atomic E-state index is -0.674. The lowest BCUT2D eigenvalue weighted by atomic mass is 10.1. The number of carbonyl (C=O) groups excluding carboxylic acids is 1. The Kier molecular flexibility index (Phi) is 7.31. The Morgan fingerprint density at radius 1 is 1.06 bits per heavy atom. The summed E-state index contributed by atoms with van der Waals surface area (Å²) in [6.07, 6.45) is 1.59. The second-order valence-corrected chi connectivity index (χ2v) is 7.70. The van der Waals surface area contributed by atoms with Crippen molar-refractivity contribution in [1.29, 1.82) is 0 Å². The van der Waals surface area contributed by atoms with Gasteiger partial charge in [-0.15, -0.1) is 0 Å². The number of carbonyl (C=O) groups is 1. The molecule has 1 heterocycles. The summed E-state index contributed by atoms with van der Waals surface area (Å²) in [6.45, 7) is 2.49. The number of amides is 1. The van der Waals surface area contributed by atoms with Gasteiger partial charge in [-0.3, -0.25) is 19.1 Å². The summed E-state index contributed by atoms with van der Waals surface area (Å²) in [5.41, 5.74) is 6.62. The highest BCUT2D eigenvalue weighted by Gasteiger charge is 2.24. The fourth-order valence-corrected chi connectivity index (χ4v) is 3.44. The number of nitrogens with zero attached hydrogens (tertiary/aromatic N) is 2. The molecule has 3 aromatic rings. The van der Waals surface area contributed by atoms with Crippen LogP contribution in [-0.4, -0.2) is 22.0 Å². The summed E-state index contributed by atoms with van der Waals surface area (Å²) in [7, 11) is 0. The van der Waals surface area contributed by atoms with E-state index in [0.29, 0.717) is 18.0 Å². The van der Waals surface area contributed by atoms with E-state index < -0.39 is 11.2 Å². The van der Waals surface area contributed by atoms with Crippen LogP contribution in [0.5, 0.6) is 0 Å². The molecule has 1 aromatic heterocycles. The molecule has 0 unspecified atom stereocenters. The van der Waals surface area contributed by atoms with Gasteiger partial charge < -0.3 is 10.6 Å². The molecule has 1 amide bonds. The van der Waals surface area contributed by atoms with Crippen LogP contribution in [0.1, 0.15) is 30.9 Å². The van der Waals surface area contributed by atoms with E-state index in [0.717, 1.165) is 17.5 Å². The number of aromatic amines is 1. The van der Waals surface area contributed by atoms with Gasteiger partial charge in [-0.05, 0) is 29.7 Å². The fraction of sp³-hybridized carbons (Fsp3) is 0.261. The van der Waals surface area contributed by atoms with Gasteiger partial charge in [0, 0.05) is 11.6 Å². The van der Waals surface area contributed by atoms with E-state index in [9.17, 15) is 14.4 Å². The summed E-state index contributed by atoms with van der Waals surface area (Å²) in [5, 5.41) is 0.577. The van der Waals surface area contributed by atoms with Crippen molar-refractivity contribution in [2.45, 2.75) is 32.7 Å². The number of rotatable bonds is 8. The highest BCUT2D eigenvalue weighted by Crippen LogP contribution is 2.20. The van der Waals surface area contributed by atoms with Crippen LogP contribution in [0.3, 0.4) is 0 Å². The van der Waals surface area contributed by atoms with E-state index in [-0.39, 0.29) is 30.4 Å². The average Bonchev–Trinajstić information content (AvgIpc) is 2.75.